The summed E-state index contributed by atoms with van der Waals surface area (Å²) >= 11 is 0. The lowest BCUT2D eigenvalue weighted by atomic mass is 10.0. The normalized spacial score (nSPS) is 20.4. The van der Waals surface area contributed by atoms with Crippen molar-refractivity contribution >= 4 is 11.8 Å². The molecule has 0 spiro atoms. The third-order valence-electron chi connectivity index (χ3n) is 3.07. The summed E-state index contributed by atoms with van der Waals surface area (Å²) in [6.07, 6.45) is 2.59. The molecule has 2 unspecified atom stereocenters. The average molecular weight is 251 g/mol. The molecule has 18 heavy (non-hydrogen) atoms. The molecule has 0 radical (unpaired) electrons. The van der Waals surface area contributed by atoms with E-state index in [1.807, 2.05) is 0 Å². The standard InChI is InChI=1S/C12H17N3O3/c1-8(9-4-6-18-7-9)14-10-3-5-13-11(15-10)12(16)17-2/h3,5,8-9H,4,6-7H2,1-2H3,(H,13,14,15). The highest BCUT2D eigenvalue weighted by Crippen LogP contribution is 2.19. The van der Waals surface area contributed by atoms with Gasteiger partial charge in [-0.3, -0.25) is 0 Å². The van der Waals surface area contributed by atoms with Crippen molar-refractivity contribution in [2.45, 2.75) is 19.4 Å². The number of hydrogen-bond acceptors (Lipinski definition) is 6. The molecule has 1 N–H and O–H groups in total. The van der Waals surface area contributed by atoms with E-state index in [1.54, 1.807) is 12.3 Å². The first-order valence-corrected chi connectivity index (χ1v) is 5.96. The van der Waals surface area contributed by atoms with Crippen molar-refractivity contribution in [3.63, 3.8) is 0 Å². The molecule has 1 saturated heterocycles. The predicted molar refractivity (Wildman–Crippen MR) is 65.4 cm³/mol. The van der Waals surface area contributed by atoms with Crippen molar-refractivity contribution < 1.29 is 14.3 Å². The van der Waals surface area contributed by atoms with Gasteiger partial charge in [0.25, 0.3) is 0 Å². The Hall–Kier alpha value is -1.69. The van der Waals surface area contributed by atoms with Crippen LogP contribution in [-0.2, 0) is 9.47 Å². The Balaban J connectivity index is 2.02. The van der Waals surface area contributed by atoms with E-state index in [9.17, 15) is 4.79 Å². The number of esters is 1. The number of methoxy groups -OCH3 is 1. The van der Waals surface area contributed by atoms with Crippen LogP contribution in [0.2, 0.25) is 0 Å². The fourth-order valence-corrected chi connectivity index (χ4v) is 1.93. The molecule has 1 aliphatic rings. The van der Waals surface area contributed by atoms with Gasteiger partial charge in [0.05, 0.1) is 13.7 Å². The van der Waals surface area contributed by atoms with E-state index in [0.717, 1.165) is 19.6 Å². The van der Waals surface area contributed by atoms with Gasteiger partial charge in [0.15, 0.2) is 0 Å². The van der Waals surface area contributed by atoms with E-state index in [1.165, 1.54) is 7.11 Å². The lowest BCUT2D eigenvalue weighted by molar-refractivity contribution is 0.0587. The van der Waals surface area contributed by atoms with Gasteiger partial charge < -0.3 is 14.8 Å². The van der Waals surface area contributed by atoms with Crippen molar-refractivity contribution in [3.05, 3.63) is 18.1 Å². The summed E-state index contributed by atoms with van der Waals surface area (Å²) in [7, 11) is 1.31. The zero-order valence-electron chi connectivity index (χ0n) is 10.5. The topological polar surface area (TPSA) is 73.3 Å². The molecule has 98 valence electrons. The zero-order chi connectivity index (χ0) is 13.0. The second kappa shape index (κ2) is 5.77. The molecule has 2 heterocycles. The maximum absolute atomic E-state index is 11.3. The number of carbonyl (C=O) groups is 1. The molecule has 0 bridgehead atoms. The number of nitrogens with one attached hydrogen (secondary N) is 1. The minimum Gasteiger partial charge on any atom is -0.463 e. The first-order valence-electron chi connectivity index (χ1n) is 5.96. The highest BCUT2D eigenvalue weighted by Gasteiger charge is 2.22. The fraction of sp³-hybridized carbons (Fsp3) is 0.583. The zero-order valence-corrected chi connectivity index (χ0v) is 10.5. The van der Waals surface area contributed by atoms with Crippen molar-refractivity contribution in [2.24, 2.45) is 5.92 Å². The van der Waals surface area contributed by atoms with Crippen LogP contribution in [0.4, 0.5) is 5.82 Å². The maximum atomic E-state index is 11.3. The molecule has 1 fully saturated rings. The quantitative estimate of drug-likeness (QED) is 0.808. The summed E-state index contributed by atoms with van der Waals surface area (Å²) in [5, 5.41) is 3.26. The van der Waals surface area contributed by atoms with Gasteiger partial charge in [-0.15, -0.1) is 0 Å². The number of carbonyl (C=O) groups excluding carboxylic acids is 1. The number of aromatic nitrogens is 2. The lowest BCUT2D eigenvalue weighted by Gasteiger charge is -2.19. The summed E-state index contributed by atoms with van der Waals surface area (Å²) in [5.41, 5.74) is 0. The van der Waals surface area contributed by atoms with Crippen LogP contribution in [0.5, 0.6) is 0 Å². The summed E-state index contributed by atoms with van der Waals surface area (Å²) < 4.78 is 9.93. The number of rotatable bonds is 4. The van der Waals surface area contributed by atoms with Gasteiger partial charge >= 0.3 is 5.97 Å². The summed E-state index contributed by atoms with van der Waals surface area (Å²) in [6.45, 7) is 3.66. The molecule has 1 aromatic rings. The van der Waals surface area contributed by atoms with Crippen LogP contribution in [0.15, 0.2) is 12.3 Å². The number of anilines is 1. The second-order valence-electron chi connectivity index (χ2n) is 4.31. The molecule has 0 amide bonds. The third-order valence-corrected chi connectivity index (χ3v) is 3.07. The molecule has 1 aliphatic heterocycles. The summed E-state index contributed by atoms with van der Waals surface area (Å²) in [6, 6.07) is 1.98. The van der Waals surface area contributed by atoms with Crippen LogP contribution in [0.25, 0.3) is 0 Å². The molecule has 6 nitrogen and oxygen atoms in total. The molecule has 0 saturated carbocycles. The van der Waals surface area contributed by atoms with Crippen LogP contribution in [0.1, 0.15) is 24.0 Å². The Bertz CT molecular complexity index is 419. The molecule has 1 aromatic heterocycles. The fourth-order valence-electron chi connectivity index (χ4n) is 1.93. The van der Waals surface area contributed by atoms with E-state index in [4.69, 9.17) is 4.74 Å². The lowest BCUT2D eigenvalue weighted by Crippen LogP contribution is -2.27. The summed E-state index contributed by atoms with van der Waals surface area (Å²) in [4.78, 5) is 19.3. The van der Waals surface area contributed by atoms with Crippen LogP contribution in [-0.4, -0.2) is 42.3 Å². The Morgan fingerprint density at radius 1 is 1.67 bits per heavy atom. The first-order chi connectivity index (χ1) is 8.70. The minimum atomic E-state index is -0.532. The van der Waals surface area contributed by atoms with E-state index < -0.39 is 5.97 Å². The highest BCUT2D eigenvalue weighted by molar-refractivity contribution is 5.85. The van der Waals surface area contributed by atoms with Crippen molar-refractivity contribution in [1.29, 1.82) is 0 Å². The van der Waals surface area contributed by atoms with E-state index in [-0.39, 0.29) is 11.9 Å². The van der Waals surface area contributed by atoms with Crippen LogP contribution in [0.3, 0.4) is 0 Å². The van der Waals surface area contributed by atoms with Gasteiger partial charge in [0.1, 0.15) is 5.82 Å². The van der Waals surface area contributed by atoms with Crippen molar-refractivity contribution in [2.75, 3.05) is 25.6 Å². The van der Waals surface area contributed by atoms with E-state index in [0.29, 0.717) is 11.7 Å². The van der Waals surface area contributed by atoms with E-state index >= 15 is 0 Å². The molecule has 6 heteroatoms. The molecule has 0 aliphatic carbocycles. The van der Waals surface area contributed by atoms with Crippen LogP contribution >= 0.6 is 0 Å². The number of nitrogens with zero attached hydrogens (tertiary/aromatic N) is 2. The first kappa shape index (κ1) is 12.8. The number of hydrogen-bond donors (Lipinski definition) is 1. The molecular weight excluding hydrogens is 234 g/mol. The van der Waals surface area contributed by atoms with Crippen LogP contribution < -0.4 is 5.32 Å². The Labute approximate surface area is 106 Å². The molecular formula is C12H17N3O3. The van der Waals surface area contributed by atoms with Gasteiger partial charge in [-0.05, 0) is 19.4 Å². The molecule has 0 aromatic carbocycles. The number of ether oxygens (including phenoxy) is 2. The summed E-state index contributed by atoms with van der Waals surface area (Å²) in [5.74, 6) is 0.638. The Kier molecular flexibility index (Phi) is 4.09. The van der Waals surface area contributed by atoms with Gasteiger partial charge in [0.2, 0.25) is 5.82 Å². The van der Waals surface area contributed by atoms with Crippen molar-refractivity contribution in [1.82, 2.24) is 9.97 Å². The predicted octanol–water partition coefficient (Wildman–Crippen LogP) is 1.10. The smallest absolute Gasteiger partial charge is 0.376 e. The van der Waals surface area contributed by atoms with Gasteiger partial charge in [-0.25, -0.2) is 14.8 Å². The highest BCUT2D eigenvalue weighted by atomic mass is 16.5. The molecule has 2 atom stereocenters. The SMILES string of the molecule is COC(=O)c1nccc(NC(C)C2CCOC2)n1. The molecule has 2 rings (SSSR count). The van der Waals surface area contributed by atoms with Crippen LogP contribution in [0, 0.1) is 5.92 Å². The minimum absolute atomic E-state index is 0.0670. The second-order valence-corrected chi connectivity index (χ2v) is 4.31. The monoisotopic (exact) mass is 251 g/mol. The largest absolute Gasteiger partial charge is 0.463 e. The Morgan fingerprint density at radius 2 is 2.50 bits per heavy atom. The Morgan fingerprint density at radius 3 is 3.17 bits per heavy atom. The van der Waals surface area contributed by atoms with Gasteiger partial charge in [0, 0.05) is 24.8 Å². The van der Waals surface area contributed by atoms with Gasteiger partial charge in [-0.1, -0.05) is 0 Å². The maximum Gasteiger partial charge on any atom is 0.376 e. The average Bonchev–Trinajstić information content (AvgIpc) is 2.92. The van der Waals surface area contributed by atoms with Gasteiger partial charge in [-0.2, -0.15) is 0 Å². The van der Waals surface area contributed by atoms with E-state index in [2.05, 4.69) is 26.9 Å². The van der Waals surface area contributed by atoms with Crippen molar-refractivity contribution in [3.8, 4) is 0 Å². The third kappa shape index (κ3) is 2.95.